The fourth-order valence-corrected chi connectivity index (χ4v) is 2.60. The molecule has 25 heavy (non-hydrogen) atoms. The molecule has 6 heteroatoms. The molecule has 0 saturated carbocycles. The van der Waals surface area contributed by atoms with E-state index in [0.29, 0.717) is 5.82 Å². The van der Waals surface area contributed by atoms with Gasteiger partial charge in [-0.05, 0) is 18.9 Å². The van der Waals surface area contributed by atoms with Gasteiger partial charge in [0.1, 0.15) is 0 Å². The van der Waals surface area contributed by atoms with Crippen LogP contribution in [-0.2, 0) is 0 Å². The Morgan fingerprint density at radius 3 is 2.80 bits per heavy atom. The van der Waals surface area contributed by atoms with Gasteiger partial charge in [0.05, 0.1) is 11.4 Å². The van der Waals surface area contributed by atoms with Gasteiger partial charge < -0.3 is 4.52 Å². The third kappa shape index (κ3) is 3.33. The second kappa shape index (κ2) is 6.93. The highest BCUT2D eigenvalue weighted by molar-refractivity contribution is 6.03. The zero-order chi connectivity index (χ0) is 18.0. The van der Waals surface area contributed by atoms with Crippen LogP contribution in [0.15, 0.2) is 40.9 Å². The molecule has 0 unspecified atom stereocenters. The van der Waals surface area contributed by atoms with E-state index in [1.54, 1.807) is 13.1 Å². The molecule has 6 nitrogen and oxygen atoms in total. The molecule has 0 aliphatic heterocycles. The van der Waals surface area contributed by atoms with Crippen LogP contribution in [-0.4, -0.2) is 28.3 Å². The maximum atomic E-state index is 12.6. The second-order valence-electron chi connectivity index (χ2n) is 6.24. The third-order valence-corrected chi connectivity index (χ3v) is 4.50. The van der Waals surface area contributed by atoms with E-state index in [0.717, 1.165) is 28.9 Å². The lowest BCUT2D eigenvalue weighted by Crippen LogP contribution is -2.26. The van der Waals surface area contributed by atoms with E-state index in [9.17, 15) is 4.79 Å². The van der Waals surface area contributed by atoms with Gasteiger partial charge in [0, 0.05) is 30.7 Å². The number of carbonyl (C=O) groups is 1. The van der Waals surface area contributed by atoms with Crippen LogP contribution in [0.4, 0.5) is 5.82 Å². The third-order valence-electron chi connectivity index (χ3n) is 4.50. The maximum absolute atomic E-state index is 12.6. The van der Waals surface area contributed by atoms with Gasteiger partial charge in [0.2, 0.25) is 5.76 Å². The van der Waals surface area contributed by atoms with Gasteiger partial charge >= 0.3 is 0 Å². The number of nitrogens with zero attached hydrogens (tertiary/aromatic N) is 3. The largest absolute Gasteiger partial charge is 0.351 e. The summed E-state index contributed by atoms with van der Waals surface area (Å²) in [4.78, 5) is 14.1. The highest BCUT2D eigenvalue weighted by Gasteiger charge is 2.22. The van der Waals surface area contributed by atoms with Gasteiger partial charge in [-0.15, -0.1) is 0 Å². The van der Waals surface area contributed by atoms with Crippen molar-refractivity contribution in [2.24, 2.45) is 0 Å². The number of hydrogen-bond acceptors (Lipinski definition) is 4. The van der Waals surface area contributed by atoms with Crippen LogP contribution >= 0.6 is 0 Å². The number of carbonyl (C=O) groups excluding carboxylic acids is 1. The molecule has 2 aromatic heterocycles. The fraction of sp³-hybridized carbons (Fsp3) is 0.316. The summed E-state index contributed by atoms with van der Waals surface area (Å²) in [5.41, 5.74) is 3.86. The fourth-order valence-electron chi connectivity index (χ4n) is 2.60. The van der Waals surface area contributed by atoms with Gasteiger partial charge in [-0.3, -0.25) is 14.8 Å². The van der Waals surface area contributed by atoms with Crippen LogP contribution in [0.3, 0.4) is 0 Å². The molecule has 1 N–H and O–H groups in total. The first-order valence-electron chi connectivity index (χ1n) is 8.37. The van der Waals surface area contributed by atoms with E-state index in [1.807, 2.05) is 37.3 Å². The Morgan fingerprint density at radius 2 is 2.08 bits per heavy atom. The van der Waals surface area contributed by atoms with Crippen molar-refractivity contribution >= 4 is 11.7 Å². The summed E-state index contributed by atoms with van der Waals surface area (Å²) in [5, 5.41) is 11.2. The molecule has 0 aliphatic rings. The van der Waals surface area contributed by atoms with Crippen molar-refractivity contribution in [3.63, 3.8) is 0 Å². The number of aromatic amines is 1. The number of nitrogens with one attached hydrogen (secondary N) is 1. The summed E-state index contributed by atoms with van der Waals surface area (Å²) in [5.74, 6) is 0.738. The molecule has 0 fully saturated rings. The number of benzene rings is 1. The van der Waals surface area contributed by atoms with Crippen LogP contribution in [0.2, 0.25) is 0 Å². The molecule has 2 heterocycles. The molecule has 0 radical (unpaired) electrons. The van der Waals surface area contributed by atoms with Crippen molar-refractivity contribution in [3.05, 3.63) is 53.4 Å². The molecule has 0 spiro atoms. The van der Waals surface area contributed by atoms with E-state index in [1.165, 1.54) is 4.90 Å². The summed E-state index contributed by atoms with van der Waals surface area (Å²) in [6.07, 6.45) is 0.940. The Kier molecular flexibility index (Phi) is 4.70. The minimum Gasteiger partial charge on any atom is -0.351 e. The lowest BCUT2D eigenvalue weighted by Gasteiger charge is -2.11. The molecule has 0 bridgehead atoms. The Labute approximate surface area is 146 Å². The average molecular weight is 338 g/mol. The Hall–Kier alpha value is -2.89. The number of rotatable bonds is 5. The van der Waals surface area contributed by atoms with Gasteiger partial charge in [-0.1, -0.05) is 43.3 Å². The lowest BCUT2D eigenvalue weighted by atomic mass is 10.1. The van der Waals surface area contributed by atoms with Crippen molar-refractivity contribution < 1.29 is 9.32 Å². The topological polar surface area (TPSA) is 75.0 Å². The summed E-state index contributed by atoms with van der Waals surface area (Å²) in [7, 11) is 1.67. The summed E-state index contributed by atoms with van der Waals surface area (Å²) < 4.78 is 5.22. The van der Waals surface area contributed by atoms with E-state index in [4.69, 9.17) is 4.52 Å². The lowest BCUT2D eigenvalue weighted by molar-refractivity contribution is 0.0956. The van der Waals surface area contributed by atoms with Crippen molar-refractivity contribution in [2.45, 2.75) is 33.1 Å². The van der Waals surface area contributed by atoms with Crippen molar-refractivity contribution in [2.75, 3.05) is 11.9 Å². The van der Waals surface area contributed by atoms with E-state index in [-0.39, 0.29) is 17.6 Å². The van der Waals surface area contributed by atoms with E-state index < -0.39 is 0 Å². The SMILES string of the molecule is CC[C@H](C)c1cc(C(=O)N(C)c2cc(-c3ccccc3C)[nH]n2)on1. The molecule has 0 aliphatic carbocycles. The molecule has 3 aromatic rings. The highest BCUT2D eigenvalue weighted by atomic mass is 16.5. The Balaban J connectivity index is 1.81. The Bertz CT molecular complexity index is 881. The molecule has 1 aromatic carbocycles. The number of anilines is 1. The van der Waals surface area contributed by atoms with Crippen LogP contribution in [0.1, 0.15) is 48.0 Å². The number of amides is 1. The minimum atomic E-state index is -0.273. The maximum Gasteiger partial charge on any atom is 0.297 e. The van der Waals surface area contributed by atoms with Crippen molar-refractivity contribution in [3.8, 4) is 11.3 Å². The number of aryl methyl sites for hydroxylation is 1. The first-order valence-corrected chi connectivity index (χ1v) is 8.37. The van der Waals surface area contributed by atoms with Crippen LogP contribution in [0, 0.1) is 6.92 Å². The van der Waals surface area contributed by atoms with Crippen molar-refractivity contribution in [1.82, 2.24) is 15.4 Å². The molecular formula is C19H22N4O2. The predicted octanol–water partition coefficient (Wildman–Crippen LogP) is 4.16. The van der Waals surface area contributed by atoms with Crippen molar-refractivity contribution in [1.29, 1.82) is 0 Å². The summed E-state index contributed by atoms with van der Waals surface area (Å²) in [6.45, 7) is 6.16. The van der Waals surface area contributed by atoms with Crippen LogP contribution < -0.4 is 4.90 Å². The first-order chi connectivity index (χ1) is 12.0. The Morgan fingerprint density at radius 1 is 1.32 bits per heavy atom. The highest BCUT2D eigenvalue weighted by Crippen LogP contribution is 2.25. The summed E-state index contributed by atoms with van der Waals surface area (Å²) >= 11 is 0. The average Bonchev–Trinajstić information content (AvgIpc) is 3.30. The quantitative estimate of drug-likeness (QED) is 0.758. The number of H-pyrrole nitrogens is 1. The van der Waals surface area contributed by atoms with Gasteiger partial charge in [0.25, 0.3) is 5.91 Å². The standard InChI is InChI=1S/C19H22N4O2/c1-5-12(2)15-10-17(25-22-15)19(24)23(4)18-11-16(20-21-18)14-9-7-6-8-13(14)3/h6-12H,5H2,1-4H3,(H,20,21)/t12-/m0/s1. The zero-order valence-electron chi connectivity index (χ0n) is 14.9. The molecule has 1 atom stereocenters. The van der Waals surface area contributed by atoms with Crippen LogP contribution in [0.5, 0.6) is 0 Å². The van der Waals surface area contributed by atoms with Crippen LogP contribution in [0.25, 0.3) is 11.3 Å². The van der Waals surface area contributed by atoms with Gasteiger partial charge in [0.15, 0.2) is 5.82 Å². The first kappa shape index (κ1) is 17.0. The molecule has 130 valence electrons. The number of aromatic nitrogens is 3. The molecule has 0 saturated heterocycles. The van der Waals surface area contributed by atoms with Gasteiger partial charge in [-0.2, -0.15) is 5.10 Å². The van der Waals surface area contributed by atoms with E-state index in [2.05, 4.69) is 29.2 Å². The zero-order valence-corrected chi connectivity index (χ0v) is 14.9. The minimum absolute atomic E-state index is 0.221. The van der Waals surface area contributed by atoms with E-state index >= 15 is 0 Å². The second-order valence-corrected chi connectivity index (χ2v) is 6.24. The van der Waals surface area contributed by atoms with Gasteiger partial charge in [-0.25, -0.2) is 0 Å². The smallest absolute Gasteiger partial charge is 0.297 e. The molecular weight excluding hydrogens is 316 g/mol. The molecule has 1 amide bonds. The molecule has 3 rings (SSSR count). The monoisotopic (exact) mass is 338 g/mol. The predicted molar refractivity (Wildman–Crippen MR) is 96.7 cm³/mol. The number of hydrogen-bond donors (Lipinski definition) is 1. The normalized spacial score (nSPS) is 12.2. The summed E-state index contributed by atoms with van der Waals surface area (Å²) in [6, 6.07) is 11.6.